The molecule has 0 bridgehead atoms. The first-order valence-corrected chi connectivity index (χ1v) is 10.7. The van der Waals surface area contributed by atoms with Crippen LogP contribution in [0.15, 0.2) is 47.3 Å². The van der Waals surface area contributed by atoms with Gasteiger partial charge in [0, 0.05) is 24.1 Å². The van der Waals surface area contributed by atoms with Crippen molar-refractivity contribution in [3.63, 3.8) is 0 Å². The largest absolute Gasteiger partial charge is 0.490 e. The maximum Gasteiger partial charge on any atom is 0.175 e. The molecule has 3 heterocycles. The molecule has 0 unspecified atom stereocenters. The molecule has 5 rings (SSSR count). The summed E-state index contributed by atoms with van der Waals surface area (Å²) in [6.45, 7) is -0.449. The molecule has 9 nitrogen and oxygen atoms in total. The summed E-state index contributed by atoms with van der Waals surface area (Å²) in [7, 11) is 0. The van der Waals surface area contributed by atoms with Crippen molar-refractivity contribution in [2.24, 2.45) is 0 Å². The number of benzene rings is 1. The third-order valence-corrected chi connectivity index (χ3v) is 6.58. The molecule has 32 heavy (non-hydrogen) atoms. The minimum absolute atomic E-state index is 0.172. The van der Waals surface area contributed by atoms with Gasteiger partial charge in [0.15, 0.2) is 5.67 Å². The third kappa shape index (κ3) is 3.33. The number of halogens is 2. The average Bonchev–Trinajstić information content (AvgIpc) is 3.29. The number of aromatic nitrogens is 4. The number of rotatable bonds is 4. The summed E-state index contributed by atoms with van der Waals surface area (Å²) in [6, 6.07) is 7.90. The van der Waals surface area contributed by atoms with E-state index in [0.717, 1.165) is 5.39 Å². The molecule has 0 saturated heterocycles. The fraction of sp³-hybridized carbons (Fsp3) is 0.286. The van der Waals surface area contributed by atoms with Gasteiger partial charge in [0.2, 0.25) is 0 Å². The maximum atomic E-state index is 15.7. The Hall–Kier alpha value is -3.02. The fourth-order valence-corrected chi connectivity index (χ4v) is 4.54. The van der Waals surface area contributed by atoms with Crippen LogP contribution in [-0.4, -0.2) is 54.2 Å². The maximum absolute atomic E-state index is 15.7. The van der Waals surface area contributed by atoms with Crippen LogP contribution in [0.1, 0.15) is 12.5 Å². The first kappa shape index (κ1) is 20.9. The molecule has 3 aromatic heterocycles. The van der Waals surface area contributed by atoms with Crippen molar-refractivity contribution in [3.8, 4) is 5.75 Å². The van der Waals surface area contributed by atoms with Crippen LogP contribution in [0.3, 0.4) is 0 Å². The Labute approximate surface area is 190 Å². The van der Waals surface area contributed by atoms with Crippen molar-refractivity contribution in [2.75, 3.05) is 18.1 Å². The van der Waals surface area contributed by atoms with Crippen LogP contribution in [0.25, 0.3) is 21.9 Å². The van der Waals surface area contributed by atoms with Gasteiger partial charge in [-0.3, -0.25) is 0 Å². The topological polar surface area (TPSA) is 145 Å². The van der Waals surface area contributed by atoms with Gasteiger partial charge in [-0.05, 0) is 40.2 Å². The molecule has 11 heteroatoms. The summed E-state index contributed by atoms with van der Waals surface area (Å²) < 4.78 is 23.7. The number of aliphatic hydroxyl groups is 2. The monoisotopic (exact) mass is 502 g/mol. The van der Waals surface area contributed by atoms with E-state index in [1.165, 1.54) is 6.33 Å². The van der Waals surface area contributed by atoms with Crippen molar-refractivity contribution in [3.05, 3.63) is 47.3 Å². The van der Waals surface area contributed by atoms with E-state index < -0.39 is 30.5 Å². The number of alkyl halides is 1. The predicted molar refractivity (Wildman–Crippen MR) is 121 cm³/mol. The smallest absolute Gasteiger partial charge is 0.175 e. The molecular weight excluding hydrogens is 483 g/mol. The molecular formula is C21H20BrFN6O3. The van der Waals surface area contributed by atoms with E-state index >= 15 is 4.39 Å². The number of nitrogens with two attached hydrogens (primary N) is 2. The Bertz CT molecular complexity index is 1330. The van der Waals surface area contributed by atoms with Gasteiger partial charge in [-0.25, -0.2) is 19.3 Å². The van der Waals surface area contributed by atoms with Crippen LogP contribution in [-0.2, 0) is 0 Å². The van der Waals surface area contributed by atoms with E-state index in [9.17, 15) is 10.2 Å². The van der Waals surface area contributed by atoms with Crippen LogP contribution in [0.5, 0.6) is 5.75 Å². The van der Waals surface area contributed by atoms with E-state index in [4.69, 9.17) is 16.2 Å². The Balaban J connectivity index is 1.38. The minimum Gasteiger partial charge on any atom is -0.490 e. The number of fused-ring (bicyclic) bond motifs is 2. The molecule has 0 spiro atoms. The Morgan fingerprint density at radius 1 is 1.19 bits per heavy atom. The van der Waals surface area contributed by atoms with Gasteiger partial charge in [-0.15, -0.1) is 0 Å². The highest BCUT2D eigenvalue weighted by molar-refractivity contribution is 9.10. The molecule has 1 saturated carbocycles. The van der Waals surface area contributed by atoms with Gasteiger partial charge in [0.25, 0.3) is 0 Å². The second-order valence-electron chi connectivity index (χ2n) is 7.96. The summed E-state index contributed by atoms with van der Waals surface area (Å²) in [4.78, 5) is 12.4. The molecule has 1 aromatic carbocycles. The number of hydrogen-bond acceptors (Lipinski definition) is 8. The van der Waals surface area contributed by atoms with Crippen molar-refractivity contribution >= 4 is 49.5 Å². The fourth-order valence-electron chi connectivity index (χ4n) is 4.20. The molecule has 1 aliphatic rings. The minimum atomic E-state index is -2.18. The molecule has 0 aliphatic heterocycles. The SMILES string of the molecule is Nc1nc2cc(OC[C@@]3(F)C[C@@H](n4ccc5c(N)ncnc54)[C@H](O)[C@@H]3O)ccc2cc1Br. The number of nitrogen functional groups attached to an aromatic ring is 2. The zero-order valence-corrected chi connectivity index (χ0v) is 18.3. The number of anilines is 2. The van der Waals surface area contributed by atoms with Crippen LogP contribution >= 0.6 is 15.9 Å². The van der Waals surface area contributed by atoms with Crippen molar-refractivity contribution in [1.29, 1.82) is 0 Å². The number of aliphatic hydroxyl groups excluding tert-OH is 2. The summed E-state index contributed by atoms with van der Waals surface area (Å²) in [6.07, 6.45) is -0.216. The molecule has 1 fully saturated rings. The zero-order chi connectivity index (χ0) is 22.6. The molecule has 6 N–H and O–H groups in total. The lowest BCUT2D eigenvalue weighted by Gasteiger charge is -2.24. The van der Waals surface area contributed by atoms with E-state index in [-0.39, 0.29) is 12.2 Å². The molecule has 1 aliphatic carbocycles. The highest BCUT2D eigenvalue weighted by atomic mass is 79.9. The third-order valence-electron chi connectivity index (χ3n) is 5.94. The van der Waals surface area contributed by atoms with E-state index in [0.29, 0.717) is 32.6 Å². The van der Waals surface area contributed by atoms with E-state index in [2.05, 4.69) is 30.9 Å². The number of hydrogen-bond donors (Lipinski definition) is 4. The number of pyridine rings is 1. The van der Waals surface area contributed by atoms with Gasteiger partial charge in [-0.2, -0.15) is 0 Å². The molecule has 166 valence electrons. The summed E-state index contributed by atoms with van der Waals surface area (Å²) in [5.41, 5.74) is 10.6. The molecule has 0 radical (unpaired) electrons. The van der Waals surface area contributed by atoms with Gasteiger partial charge in [-0.1, -0.05) is 0 Å². The van der Waals surface area contributed by atoms with Crippen molar-refractivity contribution in [2.45, 2.75) is 30.3 Å². The summed E-state index contributed by atoms with van der Waals surface area (Å²) >= 11 is 3.33. The quantitative estimate of drug-likeness (QED) is 0.332. The Kier molecular flexibility index (Phi) is 4.91. The van der Waals surface area contributed by atoms with Crippen LogP contribution in [0.4, 0.5) is 16.0 Å². The Morgan fingerprint density at radius 2 is 2.00 bits per heavy atom. The van der Waals surface area contributed by atoms with Crippen LogP contribution < -0.4 is 16.2 Å². The molecule has 4 aromatic rings. The Morgan fingerprint density at radius 3 is 2.81 bits per heavy atom. The van der Waals surface area contributed by atoms with Crippen LogP contribution in [0, 0.1) is 0 Å². The molecule has 0 amide bonds. The first-order valence-electron chi connectivity index (χ1n) is 9.87. The van der Waals surface area contributed by atoms with Gasteiger partial charge in [0.05, 0.1) is 21.4 Å². The first-order chi connectivity index (χ1) is 15.3. The van der Waals surface area contributed by atoms with Crippen molar-refractivity contribution in [1.82, 2.24) is 19.5 Å². The average molecular weight is 503 g/mol. The summed E-state index contributed by atoms with van der Waals surface area (Å²) in [5, 5.41) is 22.6. The van der Waals surface area contributed by atoms with Gasteiger partial charge in [0.1, 0.15) is 48.2 Å². The molecule has 4 atom stereocenters. The van der Waals surface area contributed by atoms with E-state index in [1.807, 2.05) is 6.07 Å². The normalized spacial score (nSPS) is 25.6. The number of ether oxygens (including phenoxy) is 1. The zero-order valence-electron chi connectivity index (χ0n) is 16.7. The lowest BCUT2D eigenvalue weighted by molar-refractivity contribution is -0.0605. The number of nitrogens with zero attached hydrogens (tertiary/aromatic N) is 4. The highest BCUT2D eigenvalue weighted by Gasteiger charge is 2.55. The lowest BCUT2D eigenvalue weighted by Crippen LogP contribution is -2.43. The van der Waals surface area contributed by atoms with E-state index in [1.54, 1.807) is 35.0 Å². The standard InChI is InChI=1S/C21H20BrFN6O3/c22-13-5-10-1-2-11(6-14(10)28-19(13)25)32-8-21(23)7-15(16(30)17(21)31)29-4-3-12-18(24)26-9-27-20(12)29/h1-6,9,15-17,30-31H,7-8H2,(H2,25,28)(H2,24,26,27)/t15-,16+,17+,21+/m1/s1. The lowest BCUT2D eigenvalue weighted by atomic mass is 10.0. The second kappa shape index (κ2) is 7.54. The van der Waals surface area contributed by atoms with Gasteiger partial charge >= 0.3 is 0 Å². The predicted octanol–water partition coefficient (Wildman–Crippen LogP) is 2.36. The van der Waals surface area contributed by atoms with Crippen molar-refractivity contribution < 1.29 is 19.3 Å². The second-order valence-corrected chi connectivity index (χ2v) is 8.81. The highest BCUT2D eigenvalue weighted by Crippen LogP contribution is 2.43. The summed E-state index contributed by atoms with van der Waals surface area (Å²) in [5.74, 6) is 0.993. The van der Waals surface area contributed by atoms with Crippen LogP contribution in [0.2, 0.25) is 0 Å². The van der Waals surface area contributed by atoms with Gasteiger partial charge < -0.3 is 31.0 Å².